The predicted molar refractivity (Wildman–Crippen MR) is 78.7 cm³/mol. The lowest BCUT2D eigenvalue weighted by molar-refractivity contribution is -0.120. The third-order valence-corrected chi connectivity index (χ3v) is 2.76. The van der Waals surface area contributed by atoms with Crippen molar-refractivity contribution in [3.05, 3.63) is 36.5 Å². The number of amides is 2. The van der Waals surface area contributed by atoms with Crippen molar-refractivity contribution in [2.24, 2.45) is 0 Å². The molecular formula is C14H20N4O2. The number of nitrogens with zero attached hydrogens (tertiary/aromatic N) is 2. The third-order valence-electron chi connectivity index (χ3n) is 2.76. The van der Waals surface area contributed by atoms with Gasteiger partial charge in [0.05, 0.1) is 5.56 Å². The molecule has 1 rings (SSSR count). The molecule has 0 spiro atoms. The van der Waals surface area contributed by atoms with Crippen LogP contribution >= 0.6 is 0 Å². The fraction of sp³-hybridized carbons (Fsp3) is 0.357. The summed E-state index contributed by atoms with van der Waals surface area (Å²) in [5.74, 6) is 0.517. The topological polar surface area (TPSA) is 74.3 Å². The summed E-state index contributed by atoms with van der Waals surface area (Å²) >= 11 is 0. The molecular weight excluding hydrogens is 256 g/mol. The molecule has 2 amide bonds. The average molecular weight is 276 g/mol. The molecule has 0 aliphatic rings. The summed E-state index contributed by atoms with van der Waals surface area (Å²) in [5.41, 5.74) is 0.496. The van der Waals surface area contributed by atoms with Gasteiger partial charge in [-0.3, -0.25) is 9.59 Å². The van der Waals surface area contributed by atoms with Gasteiger partial charge in [-0.05, 0) is 12.1 Å². The van der Waals surface area contributed by atoms with Crippen LogP contribution in [0.1, 0.15) is 16.8 Å². The fourth-order valence-corrected chi connectivity index (χ4v) is 1.52. The van der Waals surface area contributed by atoms with E-state index in [4.69, 9.17) is 0 Å². The Bertz CT molecular complexity index is 471. The van der Waals surface area contributed by atoms with E-state index in [-0.39, 0.29) is 11.8 Å². The third kappa shape index (κ3) is 4.72. The molecule has 1 heterocycles. The van der Waals surface area contributed by atoms with Crippen molar-refractivity contribution in [3.63, 3.8) is 0 Å². The lowest BCUT2D eigenvalue weighted by Crippen LogP contribution is -2.27. The van der Waals surface area contributed by atoms with Crippen LogP contribution in [0.25, 0.3) is 0 Å². The molecule has 0 aliphatic heterocycles. The van der Waals surface area contributed by atoms with E-state index >= 15 is 0 Å². The highest BCUT2D eigenvalue weighted by Crippen LogP contribution is 2.10. The Morgan fingerprint density at radius 3 is 2.75 bits per heavy atom. The second-order valence-electron chi connectivity index (χ2n) is 4.25. The Labute approximate surface area is 118 Å². The van der Waals surface area contributed by atoms with Crippen molar-refractivity contribution in [1.82, 2.24) is 15.6 Å². The molecule has 0 unspecified atom stereocenters. The maximum atomic E-state index is 11.7. The number of rotatable bonds is 7. The second kappa shape index (κ2) is 7.93. The molecule has 1 aromatic heterocycles. The Balaban J connectivity index is 2.59. The van der Waals surface area contributed by atoms with Crippen LogP contribution in [0.4, 0.5) is 5.82 Å². The molecule has 1 aromatic rings. The minimum atomic E-state index is -0.183. The number of anilines is 1. The molecule has 20 heavy (non-hydrogen) atoms. The van der Waals surface area contributed by atoms with Gasteiger partial charge in [-0.15, -0.1) is 6.58 Å². The van der Waals surface area contributed by atoms with Crippen molar-refractivity contribution < 1.29 is 9.59 Å². The highest BCUT2D eigenvalue weighted by Gasteiger charge is 2.08. The van der Waals surface area contributed by atoms with E-state index in [0.717, 1.165) is 0 Å². The highest BCUT2D eigenvalue weighted by molar-refractivity contribution is 5.94. The zero-order valence-corrected chi connectivity index (χ0v) is 11.8. The summed E-state index contributed by atoms with van der Waals surface area (Å²) in [7, 11) is 3.46. The number of carbonyl (C=O) groups is 2. The quantitative estimate of drug-likeness (QED) is 0.714. The van der Waals surface area contributed by atoms with Gasteiger partial charge in [-0.2, -0.15) is 0 Å². The molecule has 108 valence electrons. The van der Waals surface area contributed by atoms with Gasteiger partial charge in [0.2, 0.25) is 5.91 Å². The lowest BCUT2D eigenvalue weighted by Gasteiger charge is -2.17. The Morgan fingerprint density at radius 1 is 1.45 bits per heavy atom. The molecule has 2 N–H and O–H groups in total. The number of aromatic nitrogens is 1. The van der Waals surface area contributed by atoms with Crippen LogP contribution in [0, 0.1) is 0 Å². The van der Waals surface area contributed by atoms with E-state index in [1.807, 2.05) is 11.9 Å². The van der Waals surface area contributed by atoms with E-state index in [1.54, 1.807) is 25.3 Å². The Kier molecular flexibility index (Phi) is 6.22. The molecule has 6 heteroatoms. The van der Waals surface area contributed by atoms with E-state index in [0.29, 0.717) is 30.9 Å². The van der Waals surface area contributed by atoms with E-state index < -0.39 is 0 Å². The van der Waals surface area contributed by atoms with Crippen molar-refractivity contribution in [1.29, 1.82) is 0 Å². The minimum Gasteiger partial charge on any atom is -0.359 e. The highest BCUT2D eigenvalue weighted by atomic mass is 16.2. The summed E-state index contributed by atoms with van der Waals surface area (Å²) in [6, 6.07) is 3.46. The van der Waals surface area contributed by atoms with Crippen molar-refractivity contribution in [3.8, 4) is 0 Å². The summed E-state index contributed by atoms with van der Waals surface area (Å²) in [4.78, 5) is 28.9. The van der Waals surface area contributed by atoms with Gasteiger partial charge in [0, 0.05) is 39.8 Å². The summed E-state index contributed by atoms with van der Waals surface area (Å²) in [6.07, 6.45) is 3.53. The van der Waals surface area contributed by atoms with Crippen LogP contribution in [0.3, 0.4) is 0 Å². The number of pyridine rings is 1. The smallest absolute Gasteiger partial charge is 0.253 e. The van der Waals surface area contributed by atoms with Crippen LogP contribution < -0.4 is 15.5 Å². The number of carbonyl (C=O) groups excluding carboxylic acids is 2. The Morgan fingerprint density at radius 2 is 2.20 bits per heavy atom. The average Bonchev–Trinajstić information content (AvgIpc) is 2.49. The van der Waals surface area contributed by atoms with Crippen LogP contribution in [-0.2, 0) is 4.79 Å². The SMILES string of the molecule is C=CCNC(=O)c1ccc(N(C)CCC(=O)NC)nc1. The zero-order valence-electron chi connectivity index (χ0n) is 11.8. The number of hydrogen-bond donors (Lipinski definition) is 2. The van der Waals surface area contributed by atoms with Crippen LogP contribution in [0.15, 0.2) is 31.0 Å². The van der Waals surface area contributed by atoms with Crippen molar-refractivity contribution in [2.45, 2.75) is 6.42 Å². The maximum Gasteiger partial charge on any atom is 0.253 e. The summed E-state index contributed by atoms with van der Waals surface area (Å²) in [6.45, 7) is 4.52. The van der Waals surface area contributed by atoms with Crippen LogP contribution in [0.5, 0.6) is 0 Å². The largest absolute Gasteiger partial charge is 0.359 e. The van der Waals surface area contributed by atoms with Gasteiger partial charge in [-0.1, -0.05) is 6.08 Å². The standard InChI is InChI=1S/C14H20N4O2/c1-4-8-16-14(20)11-5-6-12(17-10-11)18(3)9-7-13(19)15-2/h4-6,10H,1,7-9H2,2-3H3,(H,15,19)(H,16,20). The molecule has 0 bridgehead atoms. The summed E-state index contributed by atoms with van der Waals surface area (Å²) in [5, 5.41) is 5.25. The molecule has 0 aromatic carbocycles. The first kappa shape index (κ1) is 15.7. The normalized spacial score (nSPS) is 9.70. The molecule has 0 atom stereocenters. The van der Waals surface area contributed by atoms with Crippen LogP contribution in [0.2, 0.25) is 0 Å². The zero-order chi connectivity index (χ0) is 15.0. The number of hydrogen-bond acceptors (Lipinski definition) is 4. The van der Waals surface area contributed by atoms with Gasteiger partial charge >= 0.3 is 0 Å². The summed E-state index contributed by atoms with van der Waals surface area (Å²) < 4.78 is 0. The lowest BCUT2D eigenvalue weighted by atomic mass is 10.2. The fourth-order valence-electron chi connectivity index (χ4n) is 1.52. The second-order valence-corrected chi connectivity index (χ2v) is 4.25. The number of nitrogens with one attached hydrogen (secondary N) is 2. The van der Waals surface area contributed by atoms with E-state index in [9.17, 15) is 9.59 Å². The molecule has 0 aliphatic carbocycles. The van der Waals surface area contributed by atoms with Crippen molar-refractivity contribution in [2.75, 3.05) is 32.1 Å². The van der Waals surface area contributed by atoms with Gasteiger partial charge in [0.1, 0.15) is 5.82 Å². The minimum absolute atomic E-state index is 0.0164. The first-order valence-corrected chi connectivity index (χ1v) is 6.35. The van der Waals surface area contributed by atoms with Gasteiger partial charge < -0.3 is 15.5 Å². The molecule has 0 saturated carbocycles. The monoisotopic (exact) mass is 276 g/mol. The van der Waals surface area contributed by atoms with E-state index in [2.05, 4.69) is 22.2 Å². The van der Waals surface area contributed by atoms with E-state index in [1.165, 1.54) is 6.20 Å². The first-order valence-electron chi connectivity index (χ1n) is 6.35. The molecule has 0 radical (unpaired) electrons. The predicted octanol–water partition coefficient (Wildman–Crippen LogP) is 0.570. The first-order chi connectivity index (χ1) is 9.58. The van der Waals surface area contributed by atoms with Crippen molar-refractivity contribution >= 4 is 17.6 Å². The van der Waals surface area contributed by atoms with Crippen LogP contribution in [-0.4, -0.2) is 44.0 Å². The van der Waals surface area contributed by atoms with Gasteiger partial charge in [0.25, 0.3) is 5.91 Å². The molecule has 0 fully saturated rings. The maximum absolute atomic E-state index is 11.7. The van der Waals surface area contributed by atoms with Gasteiger partial charge in [-0.25, -0.2) is 4.98 Å². The Hall–Kier alpha value is -2.37. The molecule has 0 saturated heterocycles. The van der Waals surface area contributed by atoms with Gasteiger partial charge in [0.15, 0.2) is 0 Å². The molecule has 6 nitrogen and oxygen atoms in total.